The number of rotatable bonds is 2. The van der Waals surface area contributed by atoms with Crippen molar-refractivity contribution in [3.63, 3.8) is 0 Å². The van der Waals surface area contributed by atoms with Crippen molar-refractivity contribution in [1.82, 2.24) is 0 Å². The van der Waals surface area contributed by atoms with E-state index in [2.05, 4.69) is 20.9 Å². The van der Waals surface area contributed by atoms with Crippen LogP contribution in [-0.4, -0.2) is 6.08 Å². The molecule has 0 heterocycles. The van der Waals surface area contributed by atoms with E-state index >= 15 is 0 Å². The fourth-order valence-corrected chi connectivity index (χ4v) is 2.43. The SMILES string of the molecule is O=C=NC1(c2cc(F)c(Cl)c(Br)c2)CCC1. The number of hydrogen-bond donors (Lipinski definition) is 0. The van der Waals surface area contributed by atoms with Gasteiger partial charge in [-0.2, -0.15) is 4.99 Å². The predicted molar refractivity (Wildman–Crippen MR) is 62.8 cm³/mol. The zero-order valence-corrected chi connectivity index (χ0v) is 10.6. The summed E-state index contributed by atoms with van der Waals surface area (Å²) in [4.78, 5) is 14.2. The second kappa shape index (κ2) is 4.28. The van der Waals surface area contributed by atoms with Gasteiger partial charge in [0.15, 0.2) is 0 Å². The standard InChI is InChI=1S/C11H8BrClFNO/c12-8-4-7(5-9(14)10(8)13)11(15-6-16)2-1-3-11/h4-5H,1-3H2. The van der Waals surface area contributed by atoms with Crippen molar-refractivity contribution >= 4 is 33.6 Å². The van der Waals surface area contributed by atoms with E-state index in [0.29, 0.717) is 10.0 Å². The summed E-state index contributed by atoms with van der Waals surface area (Å²) < 4.78 is 14.0. The van der Waals surface area contributed by atoms with Gasteiger partial charge in [-0.3, -0.25) is 0 Å². The largest absolute Gasteiger partial charge is 0.235 e. The Balaban J connectivity index is 2.51. The summed E-state index contributed by atoms with van der Waals surface area (Å²) in [6, 6.07) is 3.05. The van der Waals surface area contributed by atoms with Gasteiger partial charge in [-0.25, -0.2) is 9.18 Å². The number of nitrogens with zero attached hydrogens (tertiary/aromatic N) is 1. The van der Waals surface area contributed by atoms with E-state index in [1.54, 1.807) is 12.1 Å². The highest BCUT2D eigenvalue weighted by Gasteiger charge is 2.39. The Bertz CT molecular complexity index is 458. The average molecular weight is 305 g/mol. The fourth-order valence-electron chi connectivity index (χ4n) is 1.89. The van der Waals surface area contributed by atoms with Gasteiger partial charge in [0.25, 0.3) is 0 Å². The summed E-state index contributed by atoms with van der Waals surface area (Å²) in [5.74, 6) is -0.501. The zero-order valence-electron chi connectivity index (χ0n) is 8.27. The van der Waals surface area contributed by atoms with Gasteiger partial charge in [-0.15, -0.1) is 0 Å². The zero-order chi connectivity index (χ0) is 11.8. The van der Waals surface area contributed by atoms with Gasteiger partial charge in [0.1, 0.15) is 5.82 Å². The average Bonchev–Trinajstić information content (AvgIpc) is 2.19. The quantitative estimate of drug-likeness (QED) is 0.462. The van der Waals surface area contributed by atoms with E-state index in [0.717, 1.165) is 19.3 Å². The molecule has 2 nitrogen and oxygen atoms in total. The highest BCUT2D eigenvalue weighted by Crippen LogP contribution is 2.46. The molecular weight excluding hydrogens is 296 g/mol. The first-order chi connectivity index (χ1) is 7.59. The molecule has 1 fully saturated rings. The van der Waals surface area contributed by atoms with Crippen molar-refractivity contribution in [2.45, 2.75) is 24.8 Å². The van der Waals surface area contributed by atoms with E-state index in [9.17, 15) is 9.18 Å². The summed E-state index contributed by atoms with van der Waals surface area (Å²) >= 11 is 8.89. The van der Waals surface area contributed by atoms with E-state index in [1.165, 1.54) is 6.07 Å². The molecule has 0 radical (unpaired) electrons. The first kappa shape index (κ1) is 11.8. The molecule has 0 bridgehead atoms. The molecule has 0 saturated heterocycles. The lowest BCUT2D eigenvalue weighted by Gasteiger charge is -2.37. The Kier molecular flexibility index (Phi) is 3.15. The lowest BCUT2D eigenvalue weighted by atomic mass is 9.72. The topological polar surface area (TPSA) is 29.4 Å². The summed E-state index contributed by atoms with van der Waals surface area (Å²) in [7, 11) is 0. The lowest BCUT2D eigenvalue weighted by molar-refractivity contribution is 0.255. The van der Waals surface area contributed by atoms with Crippen LogP contribution in [0.1, 0.15) is 24.8 Å². The van der Waals surface area contributed by atoms with Crippen molar-refractivity contribution < 1.29 is 9.18 Å². The first-order valence-electron chi connectivity index (χ1n) is 4.83. The van der Waals surface area contributed by atoms with Crippen LogP contribution >= 0.6 is 27.5 Å². The molecule has 0 atom stereocenters. The Morgan fingerprint density at radius 2 is 2.19 bits per heavy atom. The second-order valence-electron chi connectivity index (χ2n) is 3.84. The molecule has 0 N–H and O–H groups in total. The maximum atomic E-state index is 13.5. The molecule has 1 aromatic rings. The molecule has 1 saturated carbocycles. The van der Waals surface area contributed by atoms with Gasteiger partial charge < -0.3 is 0 Å². The highest BCUT2D eigenvalue weighted by atomic mass is 79.9. The van der Waals surface area contributed by atoms with E-state index in [-0.39, 0.29) is 5.02 Å². The number of hydrogen-bond acceptors (Lipinski definition) is 2. The molecule has 0 aromatic heterocycles. The van der Waals surface area contributed by atoms with Crippen LogP contribution in [0.4, 0.5) is 4.39 Å². The highest BCUT2D eigenvalue weighted by molar-refractivity contribution is 9.10. The van der Waals surface area contributed by atoms with Gasteiger partial charge >= 0.3 is 0 Å². The van der Waals surface area contributed by atoms with Crippen LogP contribution in [0.15, 0.2) is 21.6 Å². The minimum atomic E-state index is -0.588. The smallest absolute Gasteiger partial charge is 0.211 e. The number of benzene rings is 1. The Morgan fingerprint density at radius 3 is 2.62 bits per heavy atom. The molecule has 16 heavy (non-hydrogen) atoms. The van der Waals surface area contributed by atoms with Crippen molar-refractivity contribution in [2.75, 3.05) is 0 Å². The molecule has 2 rings (SSSR count). The van der Waals surface area contributed by atoms with Crippen LogP contribution in [0.2, 0.25) is 5.02 Å². The minimum Gasteiger partial charge on any atom is -0.211 e. The Hall–Kier alpha value is -0.700. The van der Waals surface area contributed by atoms with E-state index < -0.39 is 11.4 Å². The van der Waals surface area contributed by atoms with Crippen molar-refractivity contribution in [1.29, 1.82) is 0 Å². The van der Waals surface area contributed by atoms with Crippen LogP contribution < -0.4 is 0 Å². The third-order valence-electron chi connectivity index (χ3n) is 2.96. The van der Waals surface area contributed by atoms with Gasteiger partial charge in [0, 0.05) is 4.47 Å². The molecule has 0 spiro atoms. The monoisotopic (exact) mass is 303 g/mol. The summed E-state index contributed by atoms with van der Waals surface area (Å²) in [5.41, 5.74) is 0.0891. The molecule has 84 valence electrons. The number of carbonyl (C=O) groups excluding carboxylic acids is 1. The second-order valence-corrected chi connectivity index (χ2v) is 5.07. The molecule has 1 aromatic carbocycles. The molecule has 5 heteroatoms. The van der Waals surface area contributed by atoms with Crippen LogP contribution in [-0.2, 0) is 10.3 Å². The molecule has 0 unspecified atom stereocenters. The van der Waals surface area contributed by atoms with Gasteiger partial charge in [-0.05, 0) is 52.9 Å². The van der Waals surface area contributed by atoms with E-state index in [1.807, 2.05) is 0 Å². The lowest BCUT2D eigenvalue weighted by Crippen LogP contribution is -2.32. The van der Waals surface area contributed by atoms with Gasteiger partial charge in [0.2, 0.25) is 6.08 Å². The van der Waals surface area contributed by atoms with Gasteiger partial charge in [0.05, 0.1) is 10.6 Å². The van der Waals surface area contributed by atoms with Crippen LogP contribution in [0.25, 0.3) is 0 Å². The van der Waals surface area contributed by atoms with Crippen LogP contribution in [0, 0.1) is 5.82 Å². The van der Waals surface area contributed by atoms with Crippen molar-refractivity contribution in [3.05, 3.63) is 33.0 Å². The maximum absolute atomic E-state index is 13.5. The van der Waals surface area contributed by atoms with Crippen molar-refractivity contribution in [3.8, 4) is 0 Å². The van der Waals surface area contributed by atoms with Crippen LogP contribution in [0.3, 0.4) is 0 Å². The number of aliphatic imine (C=N–C) groups is 1. The summed E-state index contributed by atoms with van der Waals surface area (Å²) in [6.07, 6.45) is 4.04. The molecule has 0 amide bonds. The Labute approximate surface area is 106 Å². The van der Waals surface area contributed by atoms with Crippen LogP contribution in [0.5, 0.6) is 0 Å². The van der Waals surface area contributed by atoms with E-state index in [4.69, 9.17) is 11.6 Å². The van der Waals surface area contributed by atoms with Crippen molar-refractivity contribution in [2.24, 2.45) is 4.99 Å². The molecule has 1 aliphatic carbocycles. The first-order valence-corrected chi connectivity index (χ1v) is 6.00. The minimum absolute atomic E-state index is 0.0494. The van der Waals surface area contributed by atoms with Gasteiger partial charge in [-0.1, -0.05) is 11.6 Å². The molecule has 1 aliphatic rings. The number of halogens is 3. The Morgan fingerprint density at radius 1 is 1.50 bits per heavy atom. The normalized spacial score (nSPS) is 17.4. The summed E-state index contributed by atoms with van der Waals surface area (Å²) in [6.45, 7) is 0. The third kappa shape index (κ3) is 1.81. The summed E-state index contributed by atoms with van der Waals surface area (Å²) in [5, 5.41) is 0.0494. The molecular formula is C11H8BrClFNO. The maximum Gasteiger partial charge on any atom is 0.235 e. The third-order valence-corrected chi connectivity index (χ3v) is 4.20. The number of isocyanates is 1. The fraction of sp³-hybridized carbons (Fsp3) is 0.364. The molecule has 0 aliphatic heterocycles. The predicted octanol–water partition coefficient (Wildman–Crippen LogP) is 3.96.